The van der Waals surface area contributed by atoms with Gasteiger partial charge in [-0.05, 0) is 69.4 Å². The van der Waals surface area contributed by atoms with E-state index in [2.05, 4.69) is 32.7 Å². The van der Waals surface area contributed by atoms with Gasteiger partial charge in [0, 0.05) is 6.04 Å². The van der Waals surface area contributed by atoms with Crippen molar-refractivity contribution >= 4 is 0 Å². The average molecular weight is 223 g/mol. The number of rotatable bonds is 3. The molecule has 0 N–H and O–H groups in total. The zero-order valence-corrected chi connectivity index (χ0v) is 11.6. The third-order valence-electron chi connectivity index (χ3n) is 4.93. The van der Waals surface area contributed by atoms with E-state index in [9.17, 15) is 0 Å². The lowest BCUT2D eigenvalue weighted by Crippen LogP contribution is -2.49. The van der Waals surface area contributed by atoms with Gasteiger partial charge in [0.1, 0.15) is 0 Å². The zero-order chi connectivity index (χ0) is 11.7. The highest BCUT2D eigenvalue weighted by Crippen LogP contribution is 2.46. The van der Waals surface area contributed by atoms with Gasteiger partial charge < -0.3 is 4.90 Å². The lowest BCUT2D eigenvalue weighted by atomic mass is 9.62. The summed E-state index contributed by atoms with van der Waals surface area (Å²) in [4.78, 5) is 2.66. The van der Waals surface area contributed by atoms with E-state index in [1.165, 1.54) is 38.6 Å². The maximum atomic E-state index is 2.66. The summed E-state index contributed by atoms with van der Waals surface area (Å²) in [6.07, 6.45) is 7.29. The Hall–Kier alpha value is -0.0400. The van der Waals surface area contributed by atoms with Gasteiger partial charge in [0.15, 0.2) is 0 Å². The second-order valence-corrected chi connectivity index (χ2v) is 6.62. The Morgan fingerprint density at radius 2 is 1.81 bits per heavy atom. The lowest BCUT2D eigenvalue weighted by molar-refractivity contribution is 0.0107. The molecule has 2 aliphatic rings. The molecule has 2 saturated carbocycles. The van der Waals surface area contributed by atoms with E-state index >= 15 is 0 Å². The van der Waals surface area contributed by atoms with Crippen LogP contribution in [0.1, 0.15) is 52.9 Å². The Kier molecular flexibility index (Phi) is 3.94. The van der Waals surface area contributed by atoms with Crippen molar-refractivity contribution in [2.45, 2.75) is 58.9 Å². The summed E-state index contributed by atoms with van der Waals surface area (Å²) < 4.78 is 0. The first-order valence-electron chi connectivity index (χ1n) is 7.32. The molecular weight excluding hydrogens is 194 g/mol. The molecule has 16 heavy (non-hydrogen) atoms. The van der Waals surface area contributed by atoms with E-state index in [0.717, 1.165) is 29.7 Å². The fourth-order valence-corrected chi connectivity index (χ4v) is 4.70. The molecule has 0 aromatic rings. The van der Waals surface area contributed by atoms with Crippen molar-refractivity contribution in [1.82, 2.24) is 4.90 Å². The number of hydrogen-bond acceptors (Lipinski definition) is 1. The molecule has 0 aromatic carbocycles. The number of hydrogen-bond donors (Lipinski definition) is 0. The molecule has 1 nitrogen and oxygen atoms in total. The van der Waals surface area contributed by atoms with Crippen LogP contribution in [0.3, 0.4) is 0 Å². The molecule has 0 radical (unpaired) electrons. The normalized spacial score (nSPS) is 43.7. The molecule has 2 rings (SSSR count). The molecule has 1 heteroatoms. The molecule has 0 saturated heterocycles. The van der Waals surface area contributed by atoms with Crippen LogP contribution in [0, 0.1) is 23.7 Å². The lowest BCUT2D eigenvalue weighted by Gasteiger charge is -2.49. The van der Waals surface area contributed by atoms with Crippen LogP contribution in [-0.2, 0) is 0 Å². The van der Waals surface area contributed by atoms with Crippen molar-refractivity contribution in [1.29, 1.82) is 0 Å². The van der Waals surface area contributed by atoms with Crippen molar-refractivity contribution in [2.75, 3.05) is 13.6 Å². The first kappa shape index (κ1) is 12.4. The van der Waals surface area contributed by atoms with Gasteiger partial charge in [0.2, 0.25) is 0 Å². The predicted octanol–water partition coefficient (Wildman–Crippen LogP) is 3.79. The van der Waals surface area contributed by atoms with Crippen LogP contribution in [-0.4, -0.2) is 24.5 Å². The summed E-state index contributed by atoms with van der Waals surface area (Å²) in [6, 6.07) is 0.874. The van der Waals surface area contributed by atoms with Crippen LogP contribution in [0.2, 0.25) is 0 Å². The molecule has 0 aliphatic heterocycles. The van der Waals surface area contributed by atoms with Gasteiger partial charge in [-0.25, -0.2) is 0 Å². The fourth-order valence-electron chi connectivity index (χ4n) is 4.70. The summed E-state index contributed by atoms with van der Waals surface area (Å²) in [7, 11) is 2.35. The highest BCUT2D eigenvalue weighted by Gasteiger charge is 2.41. The maximum absolute atomic E-state index is 2.66. The van der Waals surface area contributed by atoms with E-state index in [4.69, 9.17) is 0 Å². The molecule has 0 aromatic heterocycles. The van der Waals surface area contributed by atoms with Gasteiger partial charge >= 0.3 is 0 Å². The Morgan fingerprint density at radius 3 is 2.50 bits per heavy atom. The minimum atomic E-state index is 0.874. The molecule has 5 unspecified atom stereocenters. The number of fused-ring (bicyclic) bond motifs is 2. The molecule has 2 aliphatic carbocycles. The molecule has 2 bridgehead atoms. The molecule has 5 atom stereocenters. The Morgan fingerprint density at radius 1 is 1.06 bits per heavy atom. The second-order valence-electron chi connectivity index (χ2n) is 6.62. The van der Waals surface area contributed by atoms with Gasteiger partial charge in [-0.15, -0.1) is 0 Å². The summed E-state index contributed by atoms with van der Waals surface area (Å²) in [5, 5.41) is 0. The minimum Gasteiger partial charge on any atom is -0.303 e. The van der Waals surface area contributed by atoms with Crippen molar-refractivity contribution in [3.8, 4) is 0 Å². The smallest absolute Gasteiger partial charge is 0.0146 e. The van der Waals surface area contributed by atoms with Crippen molar-refractivity contribution < 1.29 is 0 Å². The van der Waals surface area contributed by atoms with E-state index in [0.29, 0.717) is 0 Å². The van der Waals surface area contributed by atoms with E-state index < -0.39 is 0 Å². The van der Waals surface area contributed by atoms with Gasteiger partial charge in [-0.3, -0.25) is 0 Å². The highest BCUT2D eigenvalue weighted by molar-refractivity contribution is 4.93. The van der Waals surface area contributed by atoms with Crippen LogP contribution >= 0.6 is 0 Å². The van der Waals surface area contributed by atoms with Gasteiger partial charge in [-0.1, -0.05) is 20.8 Å². The topological polar surface area (TPSA) is 3.24 Å². The summed E-state index contributed by atoms with van der Waals surface area (Å²) in [5.41, 5.74) is 0. The van der Waals surface area contributed by atoms with Gasteiger partial charge in [0.25, 0.3) is 0 Å². The summed E-state index contributed by atoms with van der Waals surface area (Å²) in [5.74, 6) is 3.95. The third-order valence-corrected chi connectivity index (χ3v) is 4.93. The van der Waals surface area contributed by atoms with Gasteiger partial charge in [0.05, 0.1) is 0 Å². The Balaban J connectivity index is 2.05. The monoisotopic (exact) mass is 223 g/mol. The van der Waals surface area contributed by atoms with Gasteiger partial charge in [-0.2, -0.15) is 0 Å². The third kappa shape index (κ3) is 2.45. The fraction of sp³-hybridized carbons (Fsp3) is 1.00. The summed E-state index contributed by atoms with van der Waals surface area (Å²) >= 11 is 0. The van der Waals surface area contributed by atoms with Crippen molar-refractivity contribution in [3.05, 3.63) is 0 Å². The quantitative estimate of drug-likeness (QED) is 0.703. The number of nitrogens with zero attached hydrogens (tertiary/aromatic N) is 1. The molecule has 0 heterocycles. The average Bonchev–Trinajstić information content (AvgIpc) is 2.15. The van der Waals surface area contributed by atoms with E-state index in [1.54, 1.807) is 0 Å². The van der Waals surface area contributed by atoms with Crippen molar-refractivity contribution in [2.24, 2.45) is 23.7 Å². The first-order chi connectivity index (χ1) is 7.61. The van der Waals surface area contributed by atoms with Crippen LogP contribution in [0.15, 0.2) is 0 Å². The summed E-state index contributed by atoms with van der Waals surface area (Å²) in [6.45, 7) is 8.54. The second kappa shape index (κ2) is 5.08. The zero-order valence-electron chi connectivity index (χ0n) is 11.6. The van der Waals surface area contributed by atoms with E-state index in [1.807, 2.05) is 0 Å². The maximum Gasteiger partial charge on any atom is 0.0146 e. The molecule has 2 fully saturated rings. The van der Waals surface area contributed by atoms with E-state index in [-0.39, 0.29) is 0 Å². The molecule has 94 valence electrons. The molecule has 0 amide bonds. The highest BCUT2D eigenvalue weighted by atomic mass is 15.1. The Labute approximate surface area is 102 Å². The van der Waals surface area contributed by atoms with Crippen LogP contribution < -0.4 is 0 Å². The minimum absolute atomic E-state index is 0.874. The first-order valence-corrected chi connectivity index (χ1v) is 7.32. The Bertz CT molecular complexity index is 217. The van der Waals surface area contributed by atoms with Crippen molar-refractivity contribution in [3.63, 3.8) is 0 Å². The predicted molar refractivity (Wildman–Crippen MR) is 70.5 cm³/mol. The largest absolute Gasteiger partial charge is 0.303 e. The van der Waals surface area contributed by atoms with Crippen LogP contribution in [0.4, 0.5) is 0 Å². The standard InChI is InChI=1S/C15H29N/c1-5-6-16(4)15-12(3)9-13-7-11(2)8-14(15)10-13/h11-15H,5-10H2,1-4H3. The molecular formula is C15H29N. The van der Waals surface area contributed by atoms with Crippen LogP contribution in [0.25, 0.3) is 0 Å². The van der Waals surface area contributed by atoms with Crippen LogP contribution in [0.5, 0.6) is 0 Å². The molecule has 0 spiro atoms. The SMILES string of the molecule is CCCN(C)C1C(C)CC2CC(C)CC1C2.